The maximum absolute atomic E-state index is 12.2. The third-order valence-corrected chi connectivity index (χ3v) is 7.76. The summed E-state index contributed by atoms with van der Waals surface area (Å²) in [4.78, 5) is 44.5. The summed E-state index contributed by atoms with van der Waals surface area (Å²) in [6.45, 7) is -1.93. The minimum Gasteiger partial charge on any atom is -0.394 e. The first kappa shape index (κ1) is 29.2. The molecule has 2 aliphatic rings. The molecule has 0 bridgehead atoms. The van der Waals surface area contributed by atoms with E-state index in [0.29, 0.717) is 0 Å². The van der Waals surface area contributed by atoms with Crippen molar-refractivity contribution in [3.8, 4) is 0 Å². The molecule has 3 heterocycles. The lowest BCUT2D eigenvalue weighted by atomic mass is 10.00. The summed E-state index contributed by atoms with van der Waals surface area (Å²) >= 11 is 0. The molecule has 2 saturated heterocycles. The number of aliphatic hydroxyl groups is 6. The van der Waals surface area contributed by atoms with Gasteiger partial charge >= 0.3 is 21.3 Å². The standard InChI is InChI=1S/C15H24N2O17P2/c18-3-5-8(20)10(22)12(24)14(32-5)33-36(28,29)34-35(26,27)30-4-6-9(21)11(23)13(31-6)17-2-1-7(19)16-15(17)25/h1-2,5-6,8-14,18,20-24H,3-4H2,(H,26,27)(H,28,29)(H,16,19,25)/t5-,6+,8-,9+,10+,11+,12+,13+,14+/m0/s1. The number of aromatic amines is 1. The van der Waals surface area contributed by atoms with Crippen molar-refractivity contribution in [2.45, 2.75) is 55.2 Å². The topological polar surface area (TPSA) is 297 Å². The Balaban J connectivity index is 1.61. The molecule has 2 fully saturated rings. The second kappa shape index (κ2) is 11.2. The molecular weight excluding hydrogens is 542 g/mol. The molecule has 2 unspecified atom stereocenters. The lowest BCUT2D eigenvalue weighted by Crippen LogP contribution is -2.58. The smallest absolute Gasteiger partial charge is 0.394 e. The van der Waals surface area contributed by atoms with Crippen LogP contribution in [0.5, 0.6) is 0 Å². The fourth-order valence-electron chi connectivity index (χ4n) is 3.35. The molecule has 3 rings (SSSR count). The van der Waals surface area contributed by atoms with E-state index in [4.69, 9.17) is 14.6 Å². The van der Waals surface area contributed by atoms with E-state index in [1.807, 2.05) is 4.98 Å². The van der Waals surface area contributed by atoms with Crippen LogP contribution in [0, 0.1) is 0 Å². The van der Waals surface area contributed by atoms with Crippen LogP contribution < -0.4 is 11.2 Å². The minimum absolute atomic E-state index is 0.723. The zero-order valence-corrected chi connectivity index (χ0v) is 19.6. The molecule has 0 aliphatic carbocycles. The zero-order chi connectivity index (χ0) is 27.0. The monoisotopic (exact) mass is 566 g/mol. The number of nitrogens with zero attached hydrogens (tertiary/aromatic N) is 1. The van der Waals surface area contributed by atoms with Gasteiger partial charge in [0.25, 0.3) is 5.56 Å². The zero-order valence-electron chi connectivity index (χ0n) is 17.9. The van der Waals surface area contributed by atoms with E-state index >= 15 is 0 Å². The number of H-pyrrole nitrogens is 1. The Labute approximate surface area is 199 Å². The first-order valence-corrected chi connectivity index (χ1v) is 13.0. The van der Waals surface area contributed by atoms with Gasteiger partial charge in [0.2, 0.25) is 0 Å². The molecule has 206 valence electrons. The number of hydrogen-bond donors (Lipinski definition) is 9. The van der Waals surface area contributed by atoms with Crippen LogP contribution in [0.4, 0.5) is 0 Å². The van der Waals surface area contributed by atoms with Gasteiger partial charge in [0.05, 0.1) is 13.2 Å². The average molecular weight is 566 g/mol. The van der Waals surface area contributed by atoms with E-state index < -0.39 is 95.4 Å². The molecule has 36 heavy (non-hydrogen) atoms. The van der Waals surface area contributed by atoms with Crippen LogP contribution >= 0.6 is 15.6 Å². The fraction of sp³-hybridized carbons (Fsp3) is 0.733. The predicted octanol–water partition coefficient (Wildman–Crippen LogP) is -4.79. The number of rotatable bonds is 9. The van der Waals surface area contributed by atoms with Gasteiger partial charge < -0.3 is 49.9 Å². The Morgan fingerprint density at radius 1 is 0.917 bits per heavy atom. The van der Waals surface area contributed by atoms with E-state index in [1.54, 1.807) is 0 Å². The van der Waals surface area contributed by atoms with E-state index in [9.17, 15) is 54.0 Å². The van der Waals surface area contributed by atoms with Crippen molar-refractivity contribution in [1.82, 2.24) is 9.55 Å². The quantitative estimate of drug-likeness (QED) is 0.127. The second-order valence-electron chi connectivity index (χ2n) is 7.68. The number of aromatic nitrogens is 2. The van der Waals surface area contributed by atoms with Gasteiger partial charge in [-0.05, 0) is 0 Å². The summed E-state index contributed by atoms with van der Waals surface area (Å²) in [7, 11) is -11.1. The van der Waals surface area contributed by atoms with Crippen molar-refractivity contribution < 1.29 is 72.4 Å². The molecule has 1 aromatic rings. The minimum atomic E-state index is -5.59. The number of hydrogen-bond acceptors (Lipinski definition) is 15. The van der Waals surface area contributed by atoms with E-state index in [0.717, 1.165) is 16.8 Å². The van der Waals surface area contributed by atoms with Crippen LogP contribution in [-0.2, 0) is 32.0 Å². The molecule has 9 N–H and O–H groups in total. The lowest BCUT2D eigenvalue weighted by Gasteiger charge is -2.39. The van der Waals surface area contributed by atoms with Crippen molar-refractivity contribution in [3.05, 3.63) is 33.1 Å². The summed E-state index contributed by atoms with van der Waals surface area (Å²) in [5.41, 5.74) is -1.75. The van der Waals surface area contributed by atoms with Gasteiger partial charge in [0, 0.05) is 12.3 Å². The Morgan fingerprint density at radius 3 is 2.17 bits per heavy atom. The summed E-state index contributed by atoms with van der Waals surface area (Å²) < 4.78 is 48.1. The van der Waals surface area contributed by atoms with Crippen LogP contribution in [0.15, 0.2) is 21.9 Å². The van der Waals surface area contributed by atoms with E-state index in [-0.39, 0.29) is 0 Å². The van der Waals surface area contributed by atoms with Crippen molar-refractivity contribution in [2.24, 2.45) is 0 Å². The van der Waals surface area contributed by atoms with Gasteiger partial charge in [-0.1, -0.05) is 0 Å². The summed E-state index contributed by atoms with van der Waals surface area (Å²) in [6, 6.07) is 0.928. The summed E-state index contributed by atoms with van der Waals surface area (Å²) in [5.74, 6) is 0. The average Bonchev–Trinajstić information content (AvgIpc) is 3.06. The van der Waals surface area contributed by atoms with Gasteiger partial charge in [-0.25, -0.2) is 13.9 Å². The number of aliphatic hydroxyl groups excluding tert-OH is 6. The van der Waals surface area contributed by atoms with Crippen LogP contribution in [-0.4, -0.2) is 112 Å². The fourth-order valence-corrected chi connectivity index (χ4v) is 5.51. The molecule has 0 aromatic carbocycles. The first-order valence-electron chi connectivity index (χ1n) is 9.99. The maximum Gasteiger partial charge on any atom is 0.483 e. The third-order valence-electron chi connectivity index (χ3n) is 5.16. The van der Waals surface area contributed by atoms with Gasteiger partial charge in [0.15, 0.2) is 12.5 Å². The largest absolute Gasteiger partial charge is 0.483 e. The SMILES string of the molecule is O=c1ccn([C@@H]2O[C@H](COP(=O)(O)OP(=O)(O)O[C@H]3O[C@@H](CO)[C@H](O)[C@@H](O)[C@H]3O)[C@@H](O)[C@H]2O)c(=O)[nH]1. The highest BCUT2D eigenvalue weighted by Gasteiger charge is 2.49. The first-order chi connectivity index (χ1) is 16.7. The highest BCUT2D eigenvalue weighted by molar-refractivity contribution is 7.61. The normalized spacial score (nSPS) is 38.4. The Bertz CT molecular complexity index is 1120. The van der Waals surface area contributed by atoms with Crippen LogP contribution in [0.2, 0.25) is 0 Å². The van der Waals surface area contributed by atoms with Gasteiger partial charge in [-0.15, -0.1) is 0 Å². The molecule has 0 radical (unpaired) electrons. The highest BCUT2D eigenvalue weighted by Crippen LogP contribution is 2.61. The van der Waals surface area contributed by atoms with Gasteiger partial charge in [-0.2, -0.15) is 4.31 Å². The molecule has 19 nitrogen and oxygen atoms in total. The molecule has 1 aromatic heterocycles. The van der Waals surface area contributed by atoms with Crippen molar-refractivity contribution in [3.63, 3.8) is 0 Å². The van der Waals surface area contributed by atoms with Crippen molar-refractivity contribution >= 4 is 15.6 Å². The molecule has 0 spiro atoms. The summed E-state index contributed by atoms with van der Waals surface area (Å²) in [5, 5.41) is 58.6. The predicted molar refractivity (Wildman–Crippen MR) is 109 cm³/mol. The van der Waals surface area contributed by atoms with Crippen LogP contribution in [0.25, 0.3) is 0 Å². The number of phosphoric ester groups is 2. The Morgan fingerprint density at radius 2 is 1.56 bits per heavy atom. The van der Waals surface area contributed by atoms with Gasteiger partial charge in [-0.3, -0.25) is 23.4 Å². The van der Waals surface area contributed by atoms with Gasteiger partial charge in [0.1, 0.15) is 42.7 Å². The summed E-state index contributed by atoms with van der Waals surface area (Å²) in [6.07, 6.45) is -15.4. The van der Waals surface area contributed by atoms with Crippen molar-refractivity contribution in [2.75, 3.05) is 13.2 Å². The molecule has 0 saturated carbocycles. The number of phosphoric acid groups is 2. The van der Waals surface area contributed by atoms with Crippen LogP contribution in [0.1, 0.15) is 6.23 Å². The Hall–Kier alpha value is -1.38. The van der Waals surface area contributed by atoms with E-state index in [1.165, 1.54) is 0 Å². The molecule has 11 atom stereocenters. The van der Waals surface area contributed by atoms with Crippen LogP contribution in [0.3, 0.4) is 0 Å². The number of nitrogens with one attached hydrogen (secondary N) is 1. The lowest BCUT2D eigenvalue weighted by molar-refractivity contribution is -0.280. The molecule has 0 amide bonds. The number of ether oxygens (including phenoxy) is 2. The molecular formula is C15H24N2O17P2. The second-order valence-corrected chi connectivity index (χ2v) is 10.7. The van der Waals surface area contributed by atoms with Crippen molar-refractivity contribution in [1.29, 1.82) is 0 Å². The van der Waals surface area contributed by atoms with E-state index in [2.05, 4.69) is 13.4 Å². The molecule has 2 aliphatic heterocycles. The third kappa shape index (κ3) is 6.54. The molecule has 21 heteroatoms. The maximum atomic E-state index is 12.2. The highest BCUT2D eigenvalue weighted by atomic mass is 31.3. The Kier molecular flexibility index (Phi) is 9.05.